The molecule has 0 rings (SSSR count). The van der Waals surface area contributed by atoms with Crippen LogP contribution in [0, 0.1) is 5.41 Å². The fourth-order valence-electron chi connectivity index (χ4n) is 0.534. The molecule has 0 unspecified atom stereocenters. The summed E-state index contributed by atoms with van der Waals surface area (Å²) in [7, 11) is 0. The summed E-state index contributed by atoms with van der Waals surface area (Å²) in [5.74, 6) is 0.141. The second-order valence-corrected chi connectivity index (χ2v) is 4.63. The molecule has 66 valence electrons. The highest BCUT2D eigenvalue weighted by Crippen LogP contribution is 2.11. The predicted molar refractivity (Wildman–Crippen MR) is 56.0 cm³/mol. The first kappa shape index (κ1) is 11.2. The van der Waals surface area contributed by atoms with Gasteiger partial charge in [-0.25, -0.2) is 0 Å². The standard InChI is InChI=1S/C8H16INO/c1-8(2,3)7(11)10-6-4-5-9/h4-6H2,1-3H3,(H,10,11). The van der Waals surface area contributed by atoms with Crippen LogP contribution in [0.3, 0.4) is 0 Å². The van der Waals surface area contributed by atoms with Crippen LogP contribution < -0.4 is 5.32 Å². The molecule has 0 radical (unpaired) electrons. The van der Waals surface area contributed by atoms with E-state index in [2.05, 4.69) is 27.9 Å². The van der Waals surface area contributed by atoms with Crippen LogP contribution in [0.15, 0.2) is 0 Å². The van der Waals surface area contributed by atoms with Gasteiger partial charge in [0.1, 0.15) is 0 Å². The van der Waals surface area contributed by atoms with Crippen LogP contribution in [-0.4, -0.2) is 16.9 Å². The summed E-state index contributed by atoms with van der Waals surface area (Å²) in [5.41, 5.74) is -0.245. The van der Waals surface area contributed by atoms with Gasteiger partial charge in [-0.1, -0.05) is 43.4 Å². The Balaban J connectivity index is 3.54. The summed E-state index contributed by atoms with van der Waals surface area (Å²) in [6.07, 6.45) is 1.06. The Bertz CT molecular complexity index is 129. The van der Waals surface area contributed by atoms with Gasteiger partial charge in [-0.05, 0) is 6.42 Å². The van der Waals surface area contributed by atoms with E-state index in [1.807, 2.05) is 20.8 Å². The van der Waals surface area contributed by atoms with E-state index in [1.54, 1.807) is 0 Å². The molecule has 0 saturated carbocycles. The minimum Gasteiger partial charge on any atom is -0.356 e. The maximum Gasteiger partial charge on any atom is 0.225 e. The van der Waals surface area contributed by atoms with Crippen molar-refractivity contribution in [2.75, 3.05) is 11.0 Å². The van der Waals surface area contributed by atoms with Crippen LogP contribution in [-0.2, 0) is 4.79 Å². The van der Waals surface area contributed by atoms with E-state index < -0.39 is 0 Å². The zero-order valence-electron chi connectivity index (χ0n) is 7.41. The highest BCUT2D eigenvalue weighted by molar-refractivity contribution is 14.1. The Morgan fingerprint density at radius 3 is 2.36 bits per heavy atom. The van der Waals surface area contributed by atoms with Crippen LogP contribution in [0.2, 0.25) is 0 Å². The maximum absolute atomic E-state index is 11.2. The largest absolute Gasteiger partial charge is 0.356 e. The molecule has 0 aliphatic carbocycles. The number of carbonyl (C=O) groups excluding carboxylic acids is 1. The van der Waals surface area contributed by atoms with Crippen molar-refractivity contribution in [2.45, 2.75) is 27.2 Å². The predicted octanol–water partition coefficient (Wildman–Crippen LogP) is 1.97. The van der Waals surface area contributed by atoms with Gasteiger partial charge in [0.05, 0.1) is 0 Å². The van der Waals surface area contributed by atoms with E-state index in [0.29, 0.717) is 0 Å². The lowest BCUT2D eigenvalue weighted by atomic mass is 9.96. The van der Waals surface area contributed by atoms with Gasteiger partial charge in [0.2, 0.25) is 5.91 Å². The van der Waals surface area contributed by atoms with Gasteiger partial charge in [0.25, 0.3) is 0 Å². The Kier molecular flexibility index (Phi) is 5.04. The molecule has 0 spiro atoms. The zero-order chi connectivity index (χ0) is 8.91. The highest BCUT2D eigenvalue weighted by Gasteiger charge is 2.19. The lowest BCUT2D eigenvalue weighted by Crippen LogP contribution is -2.35. The lowest BCUT2D eigenvalue weighted by Gasteiger charge is -2.17. The molecule has 0 bridgehead atoms. The van der Waals surface area contributed by atoms with Crippen molar-refractivity contribution in [3.63, 3.8) is 0 Å². The average Bonchev–Trinajstić information content (AvgIpc) is 1.86. The van der Waals surface area contributed by atoms with Crippen LogP contribution in [0.25, 0.3) is 0 Å². The summed E-state index contributed by atoms with van der Waals surface area (Å²) < 4.78 is 1.10. The normalized spacial score (nSPS) is 11.3. The van der Waals surface area contributed by atoms with E-state index in [4.69, 9.17) is 0 Å². The van der Waals surface area contributed by atoms with Gasteiger partial charge in [0, 0.05) is 16.4 Å². The summed E-state index contributed by atoms with van der Waals surface area (Å²) in [6, 6.07) is 0. The minimum atomic E-state index is -0.245. The first-order chi connectivity index (χ1) is 4.98. The minimum absolute atomic E-state index is 0.141. The fourth-order valence-corrected chi connectivity index (χ4v) is 0.915. The third kappa shape index (κ3) is 5.47. The molecule has 0 aromatic rings. The Morgan fingerprint density at radius 2 is 2.00 bits per heavy atom. The van der Waals surface area contributed by atoms with Gasteiger partial charge in [-0.15, -0.1) is 0 Å². The number of hydrogen-bond acceptors (Lipinski definition) is 1. The maximum atomic E-state index is 11.2. The molecule has 3 heteroatoms. The second-order valence-electron chi connectivity index (χ2n) is 3.55. The highest BCUT2D eigenvalue weighted by atomic mass is 127. The van der Waals surface area contributed by atoms with Crippen molar-refractivity contribution in [3.8, 4) is 0 Å². The van der Waals surface area contributed by atoms with E-state index in [-0.39, 0.29) is 11.3 Å². The first-order valence-corrected chi connectivity index (χ1v) is 5.35. The Hall–Kier alpha value is 0.200. The molecule has 0 aromatic carbocycles. The smallest absolute Gasteiger partial charge is 0.225 e. The van der Waals surface area contributed by atoms with Crippen molar-refractivity contribution in [1.82, 2.24) is 5.32 Å². The number of hydrogen-bond donors (Lipinski definition) is 1. The van der Waals surface area contributed by atoms with E-state index in [9.17, 15) is 4.79 Å². The Morgan fingerprint density at radius 1 is 1.45 bits per heavy atom. The van der Waals surface area contributed by atoms with Gasteiger partial charge in [0.15, 0.2) is 0 Å². The summed E-state index contributed by atoms with van der Waals surface area (Å²) in [4.78, 5) is 11.2. The average molecular weight is 269 g/mol. The molecule has 0 heterocycles. The molecule has 2 nitrogen and oxygen atoms in total. The summed E-state index contributed by atoms with van der Waals surface area (Å²) in [5, 5.41) is 2.88. The lowest BCUT2D eigenvalue weighted by molar-refractivity contribution is -0.128. The number of nitrogens with one attached hydrogen (secondary N) is 1. The number of alkyl halides is 1. The van der Waals surface area contributed by atoms with Crippen molar-refractivity contribution < 1.29 is 4.79 Å². The van der Waals surface area contributed by atoms with Crippen molar-refractivity contribution in [2.24, 2.45) is 5.41 Å². The van der Waals surface area contributed by atoms with Crippen LogP contribution in [0.5, 0.6) is 0 Å². The van der Waals surface area contributed by atoms with Crippen molar-refractivity contribution in [1.29, 1.82) is 0 Å². The molecule has 0 atom stereocenters. The molecular weight excluding hydrogens is 253 g/mol. The molecular formula is C8H16INO. The first-order valence-electron chi connectivity index (χ1n) is 3.82. The van der Waals surface area contributed by atoms with Crippen molar-refractivity contribution in [3.05, 3.63) is 0 Å². The summed E-state index contributed by atoms with van der Waals surface area (Å²) >= 11 is 2.30. The van der Waals surface area contributed by atoms with Gasteiger partial charge in [-0.3, -0.25) is 4.79 Å². The molecule has 1 N–H and O–H groups in total. The third-order valence-corrected chi connectivity index (χ3v) is 2.04. The van der Waals surface area contributed by atoms with E-state index in [0.717, 1.165) is 17.4 Å². The summed E-state index contributed by atoms with van der Waals surface area (Å²) in [6.45, 7) is 6.57. The molecule has 1 amide bonds. The third-order valence-electron chi connectivity index (χ3n) is 1.28. The number of rotatable bonds is 3. The molecule has 0 saturated heterocycles. The van der Waals surface area contributed by atoms with E-state index >= 15 is 0 Å². The monoisotopic (exact) mass is 269 g/mol. The second kappa shape index (κ2) is 4.95. The van der Waals surface area contributed by atoms with Crippen LogP contribution in [0.1, 0.15) is 27.2 Å². The van der Waals surface area contributed by atoms with Gasteiger partial charge >= 0.3 is 0 Å². The Labute approximate surface area is 82.3 Å². The number of amides is 1. The molecule has 11 heavy (non-hydrogen) atoms. The van der Waals surface area contributed by atoms with Gasteiger partial charge < -0.3 is 5.32 Å². The number of halogens is 1. The van der Waals surface area contributed by atoms with Crippen molar-refractivity contribution >= 4 is 28.5 Å². The molecule has 0 fully saturated rings. The quantitative estimate of drug-likeness (QED) is 0.474. The topological polar surface area (TPSA) is 29.1 Å². The SMILES string of the molecule is CC(C)(C)C(=O)NCCCI. The van der Waals surface area contributed by atoms with Crippen LogP contribution >= 0.6 is 22.6 Å². The number of carbonyl (C=O) groups is 1. The van der Waals surface area contributed by atoms with Gasteiger partial charge in [-0.2, -0.15) is 0 Å². The molecule has 0 aliphatic rings. The van der Waals surface area contributed by atoms with Crippen LogP contribution in [0.4, 0.5) is 0 Å². The fraction of sp³-hybridized carbons (Fsp3) is 0.875. The van der Waals surface area contributed by atoms with E-state index in [1.165, 1.54) is 0 Å². The molecule has 0 aromatic heterocycles. The molecule has 0 aliphatic heterocycles. The zero-order valence-corrected chi connectivity index (χ0v) is 9.57.